The number of piperazine rings is 1. The summed E-state index contributed by atoms with van der Waals surface area (Å²) in [5.41, 5.74) is 3.15. The summed E-state index contributed by atoms with van der Waals surface area (Å²) < 4.78 is 0. The topological polar surface area (TPSA) is 69.7 Å². The first-order chi connectivity index (χ1) is 13.5. The highest BCUT2D eigenvalue weighted by molar-refractivity contribution is 6.36. The van der Waals surface area contributed by atoms with Crippen LogP contribution < -0.4 is 10.2 Å². The maximum absolute atomic E-state index is 12.4. The molecular formula is C22H25N3O3. The Morgan fingerprint density at radius 1 is 0.893 bits per heavy atom. The van der Waals surface area contributed by atoms with Gasteiger partial charge in [-0.15, -0.1) is 0 Å². The van der Waals surface area contributed by atoms with Crippen molar-refractivity contribution in [1.29, 1.82) is 0 Å². The van der Waals surface area contributed by atoms with Crippen molar-refractivity contribution in [2.75, 3.05) is 37.6 Å². The van der Waals surface area contributed by atoms with Crippen LogP contribution in [0.2, 0.25) is 0 Å². The van der Waals surface area contributed by atoms with E-state index in [2.05, 4.69) is 41.4 Å². The fourth-order valence-electron chi connectivity index (χ4n) is 3.20. The number of nitrogens with one attached hydrogen (secondary N) is 1. The van der Waals surface area contributed by atoms with Gasteiger partial charge in [0.25, 0.3) is 5.91 Å². The van der Waals surface area contributed by atoms with Crippen LogP contribution in [-0.2, 0) is 20.8 Å². The average molecular weight is 379 g/mol. The molecule has 1 fully saturated rings. The van der Waals surface area contributed by atoms with Crippen LogP contribution in [0.15, 0.2) is 54.6 Å². The number of anilines is 1. The first kappa shape index (κ1) is 19.6. The standard InChI is InChI=1S/C22H25N3O3/c1-17-7-9-19(10-8-17)24-11-13-25(14-12-24)21(27)16-23-22(28)20(26)15-18-5-3-2-4-6-18/h2-10H,11-16H2,1H3,(H,23,28). The Morgan fingerprint density at radius 2 is 1.54 bits per heavy atom. The molecule has 6 nitrogen and oxygen atoms in total. The molecule has 1 heterocycles. The number of carbonyl (C=O) groups is 3. The Kier molecular flexibility index (Phi) is 6.42. The number of benzene rings is 2. The van der Waals surface area contributed by atoms with Gasteiger partial charge >= 0.3 is 0 Å². The predicted octanol–water partition coefficient (Wildman–Crippen LogP) is 1.57. The van der Waals surface area contributed by atoms with E-state index in [9.17, 15) is 14.4 Å². The molecule has 0 bridgehead atoms. The van der Waals surface area contributed by atoms with Gasteiger partial charge in [0, 0.05) is 38.3 Å². The van der Waals surface area contributed by atoms with Crippen molar-refractivity contribution in [2.45, 2.75) is 13.3 Å². The molecule has 2 aromatic carbocycles. The Hall–Kier alpha value is -3.15. The van der Waals surface area contributed by atoms with E-state index in [1.807, 2.05) is 18.2 Å². The van der Waals surface area contributed by atoms with Gasteiger partial charge in [0.1, 0.15) is 0 Å². The van der Waals surface area contributed by atoms with Gasteiger partial charge in [0.05, 0.1) is 6.54 Å². The normalized spacial score (nSPS) is 13.9. The number of hydrogen-bond acceptors (Lipinski definition) is 4. The van der Waals surface area contributed by atoms with Gasteiger partial charge in [-0.05, 0) is 24.6 Å². The zero-order valence-corrected chi connectivity index (χ0v) is 16.1. The quantitative estimate of drug-likeness (QED) is 0.774. The molecule has 6 heteroatoms. The first-order valence-corrected chi connectivity index (χ1v) is 9.47. The van der Waals surface area contributed by atoms with Gasteiger partial charge < -0.3 is 15.1 Å². The van der Waals surface area contributed by atoms with Crippen molar-refractivity contribution >= 4 is 23.3 Å². The third-order valence-corrected chi connectivity index (χ3v) is 4.89. The van der Waals surface area contributed by atoms with Crippen molar-refractivity contribution in [1.82, 2.24) is 10.2 Å². The highest BCUT2D eigenvalue weighted by atomic mass is 16.2. The monoisotopic (exact) mass is 379 g/mol. The van der Waals surface area contributed by atoms with Crippen LogP contribution in [0.4, 0.5) is 5.69 Å². The molecule has 0 atom stereocenters. The largest absolute Gasteiger partial charge is 0.368 e. The first-order valence-electron chi connectivity index (χ1n) is 9.47. The molecule has 2 amide bonds. The van der Waals surface area contributed by atoms with Crippen LogP contribution in [0.5, 0.6) is 0 Å². The van der Waals surface area contributed by atoms with E-state index < -0.39 is 11.7 Å². The summed E-state index contributed by atoms with van der Waals surface area (Å²) in [7, 11) is 0. The van der Waals surface area contributed by atoms with Gasteiger partial charge in [0.2, 0.25) is 11.7 Å². The fourth-order valence-corrected chi connectivity index (χ4v) is 3.20. The Morgan fingerprint density at radius 3 is 2.18 bits per heavy atom. The minimum atomic E-state index is -0.713. The Balaban J connectivity index is 1.42. The van der Waals surface area contributed by atoms with E-state index in [0.717, 1.165) is 24.3 Å². The minimum absolute atomic E-state index is 0.0378. The lowest BCUT2D eigenvalue weighted by molar-refractivity contribution is -0.139. The third kappa shape index (κ3) is 5.19. The molecule has 0 unspecified atom stereocenters. The lowest BCUT2D eigenvalue weighted by Crippen LogP contribution is -2.51. The van der Waals surface area contributed by atoms with Gasteiger partial charge in [-0.2, -0.15) is 0 Å². The van der Waals surface area contributed by atoms with Gasteiger partial charge in [-0.25, -0.2) is 0 Å². The van der Waals surface area contributed by atoms with Gasteiger partial charge in [-0.3, -0.25) is 14.4 Å². The van der Waals surface area contributed by atoms with E-state index in [4.69, 9.17) is 0 Å². The second-order valence-corrected chi connectivity index (χ2v) is 6.97. The van der Waals surface area contributed by atoms with E-state index in [0.29, 0.717) is 13.1 Å². The van der Waals surface area contributed by atoms with Crippen LogP contribution >= 0.6 is 0 Å². The summed E-state index contributed by atoms with van der Waals surface area (Å²) in [5.74, 6) is -1.41. The molecule has 3 rings (SSSR count). The minimum Gasteiger partial charge on any atom is -0.368 e. The van der Waals surface area contributed by atoms with Crippen LogP contribution in [0, 0.1) is 6.92 Å². The summed E-state index contributed by atoms with van der Waals surface area (Å²) in [6.07, 6.45) is 0.0378. The molecule has 2 aromatic rings. The third-order valence-electron chi connectivity index (χ3n) is 4.89. The number of hydrogen-bond donors (Lipinski definition) is 1. The molecule has 0 aliphatic carbocycles. The second-order valence-electron chi connectivity index (χ2n) is 6.97. The van der Waals surface area contributed by atoms with E-state index in [1.54, 1.807) is 17.0 Å². The summed E-state index contributed by atoms with van der Waals surface area (Å²) in [4.78, 5) is 40.3. The highest BCUT2D eigenvalue weighted by Crippen LogP contribution is 2.17. The summed E-state index contributed by atoms with van der Waals surface area (Å²) >= 11 is 0. The molecule has 146 valence electrons. The molecule has 0 aromatic heterocycles. The summed E-state index contributed by atoms with van der Waals surface area (Å²) in [6.45, 7) is 4.59. The molecule has 1 aliphatic rings. The maximum Gasteiger partial charge on any atom is 0.288 e. The number of rotatable bonds is 6. The lowest BCUT2D eigenvalue weighted by atomic mass is 10.1. The fraction of sp³-hybridized carbons (Fsp3) is 0.318. The SMILES string of the molecule is Cc1ccc(N2CCN(C(=O)CNC(=O)C(=O)Cc3ccccc3)CC2)cc1. The van der Waals surface area contributed by atoms with Gasteiger partial charge in [-0.1, -0.05) is 48.0 Å². The van der Waals surface area contributed by atoms with E-state index >= 15 is 0 Å². The molecule has 0 saturated carbocycles. The zero-order chi connectivity index (χ0) is 19.9. The van der Waals surface area contributed by atoms with Crippen LogP contribution in [0.3, 0.4) is 0 Å². The van der Waals surface area contributed by atoms with Crippen molar-refractivity contribution in [3.05, 3.63) is 65.7 Å². The molecule has 1 N–H and O–H groups in total. The van der Waals surface area contributed by atoms with Crippen molar-refractivity contribution in [3.8, 4) is 0 Å². The van der Waals surface area contributed by atoms with Crippen molar-refractivity contribution in [3.63, 3.8) is 0 Å². The molecule has 0 radical (unpaired) electrons. The van der Waals surface area contributed by atoms with Crippen molar-refractivity contribution < 1.29 is 14.4 Å². The second kappa shape index (κ2) is 9.17. The number of ketones is 1. The number of carbonyl (C=O) groups excluding carboxylic acids is 3. The van der Waals surface area contributed by atoms with Crippen LogP contribution in [0.25, 0.3) is 0 Å². The maximum atomic E-state index is 12.4. The predicted molar refractivity (Wildman–Crippen MR) is 108 cm³/mol. The summed E-state index contributed by atoms with van der Waals surface area (Å²) in [5, 5.41) is 2.46. The van der Waals surface area contributed by atoms with Crippen LogP contribution in [0.1, 0.15) is 11.1 Å². The molecular weight excluding hydrogens is 354 g/mol. The van der Waals surface area contributed by atoms with E-state index in [1.165, 1.54) is 5.56 Å². The van der Waals surface area contributed by atoms with Crippen molar-refractivity contribution in [2.24, 2.45) is 0 Å². The lowest BCUT2D eigenvalue weighted by Gasteiger charge is -2.36. The highest BCUT2D eigenvalue weighted by Gasteiger charge is 2.22. The number of nitrogens with zero attached hydrogens (tertiary/aromatic N) is 2. The van der Waals surface area contributed by atoms with Gasteiger partial charge in [0.15, 0.2) is 0 Å². The average Bonchev–Trinajstić information content (AvgIpc) is 2.73. The molecule has 28 heavy (non-hydrogen) atoms. The number of amides is 2. The summed E-state index contributed by atoms with van der Waals surface area (Å²) in [6, 6.07) is 17.4. The number of aryl methyl sites for hydroxylation is 1. The Bertz CT molecular complexity index is 826. The molecule has 0 spiro atoms. The zero-order valence-electron chi connectivity index (χ0n) is 16.1. The molecule has 1 saturated heterocycles. The number of Topliss-reactive ketones (excluding diaryl/α,β-unsaturated/α-hetero) is 1. The Labute approximate surface area is 165 Å². The molecule has 1 aliphatic heterocycles. The van der Waals surface area contributed by atoms with E-state index in [-0.39, 0.29) is 18.9 Å². The smallest absolute Gasteiger partial charge is 0.288 e. The van der Waals surface area contributed by atoms with Crippen LogP contribution in [-0.4, -0.2) is 55.2 Å².